The first-order valence-corrected chi connectivity index (χ1v) is 10.3. The first-order chi connectivity index (χ1) is 13.9. The molecule has 0 saturated heterocycles. The van der Waals surface area contributed by atoms with Gasteiger partial charge in [-0.25, -0.2) is 4.52 Å². The standard InChI is InChI=1S/C22H21BrN4O2/c1-4-18(22(29)24-15-9-10-17(23)13(2)11-15)27-19-8-6-5-7-16(19)21-25-20(28)12-14(3)26(21)27/h5-12,18H,4H2,1-3H3,(H,24,29)/t18-/m0/s1. The van der Waals surface area contributed by atoms with Gasteiger partial charge >= 0.3 is 0 Å². The second kappa shape index (κ2) is 7.48. The van der Waals surface area contributed by atoms with E-state index in [9.17, 15) is 9.59 Å². The van der Waals surface area contributed by atoms with Crippen molar-refractivity contribution in [3.8, 4) is 0 Å². The lowest BCUT2D eigenvalue weighted by Gasteiger charge is -2.20. The molecule has 0 aliphatic rings. The molecule has 0 spiro atoms. The van der Waals surface area contributed by atoms with Crippen LogP contribution >= 0.6 is 15.9 Å². The van der Waals surface area contributed by atoms with Crippen LogP contribution in [0.4, 0.5) is 5.69 Å². The number of halogens is 1. The van der Waals surface area contributed by atoms with Gasteiger partial charge in [0.25, 0.3) is 5.56 Å². The first kappa shape index (κ1) is 19.4. The molecule has 6 nitrogen and oxygen atoms in total. The molecule has 2 aromatic carbocycles. The van der Waals surface area contributed by atoms with Gasteiger partial charge in [0.2, 0.25) is 5.91 Å². The predicted molar refractivity (Wildman–Crippen MR) is 119 cm³/mol. The lowest BCUT2D eigenvalue weighted by Crippen LogP contribution is -2.29. The maximum atomic E-state index is 13.3. The van der Waals surface area contributed by atoms with Crippen LogP contribution in [0.2, 0.25) is 0 Å². The van der Waals surface area contributed by atoms with Crippen molar-refractivity contribution in [3.63, 3.8) is 0 Å². The first-order valence-electron chi connectivity index (χ1n) is 9.47. The van der Waals surface area contributed by atoms with E-state index >= 15 is 0 Å². The average molecular weight is 453 g/mol. The van der Waals surface area contributed by atoms with Crippen LogP contribution in [0.5, 0.6) is 0 Å². The molecule has 1 amide bonds. The summed E-state index contributed by atoms with van der Waals surface area (Å²) in [5.74, 6) is -0.116. The number of fused-ring (bicyclic) bond motifs is 3. The lowest BCUT2D eigenvalue weighted by molar-refractivity contribution is -0.119. The minimum Gasteiger partial charge on any atom is -0.324 e. The molecule has 1 atom stereocenters. The van der Waals surface area contributed by atoms with Crippen LogP contribution < -0.4 is 10.9 Å². The van der Waals surface area contributed by atoms with Crippen molar-refractivity contribution < 1.29 is 4.79 Å². The number of aromatic nitrogens is 3. The largest absolute Gasteiger partial charge is 0.324 e. The summed E-state index contributed by atoms with van der Waals surface area (Å²) in [5.41, 5.74) is 3.68. The van der Waals surface area contributed by atoms with E-state index in [0.29, 0.717) is 12.1 Å². The van der Waals surface area contributed by atoms with Crippen molar-refractivity contribution in [1.29, 1.82) is 0 Å². The molecule has 2 heterocycles. The highest BCUT2D eigenvalue weighted by Crippen LogP contribution is 2.28. The molecule has 1 N–H and O–H groups in total. The molecule has 0 fully saturated rings. The molecular weight excluding hydrogens is 432 g/mol. The van der Waals surface area contributed by atoms with Gasteiger partial charge in [-0.15, -0.1) is 0 Å². The van der Waals surface area contributed by atoms with Crippen LogP contribution in [-0.2, 0) is 4.79 Å². The molecule has 0 aliphatic heterocycles. The number of nitrogens with zero attached hydrogens (tertiary/aromatic N) is 3. The Balaban J connectivity index is 1.87. The molecule has 2 aromatic heterocycles. The number of para-hydroxylation sites is 1. The van der Waals surface area contributed by atoms with Gasteiger partial charge in [0.1, 0.15) is 6.04 Å². The van der Waals surface area contributed by atoms with Crippen molar-refractivity contribution in [2.45, 2.75) is 33.2 Å². The SMILES string of the molecule is CC[C@@H](C(=O)Nc1ccc(Br)c(C)c1)n1c2ccccc2c2nc(=O)cc(C)n21. The molecule has 0 radical (unpaired) electrons. The van der Waals surface area contributed by atoms with Gasteiger partial charge in [0.15, 0.2) is 5.65 Å². The summed E-state index contributed by atoms with van der Waals surface area (Å²) in [4.78, 5) is 29.5. The molecule has 7 heteroatoms. The number of hydrogen-bond acceptors (Lipinski definition) is 3. The smallest absolute Gasteiger partial charge is 0.273 e. The highest BCUT2D eigenvalue weighted by atomic mass is 79.9. The van der Waals surface area contributed by atoms with Crippen molar-refractivity contribution in [2.24, 2.45) is 0 Å². The van der Waals surface area contributed by atoms with E-state index in [1.165, 1.54) is 6.07 Å². The number of carbonyl (C=O) groups is 1. The Morgan fingerprint density at radius 3 is 2.66 bits per heavy atom. The Morgan fingerprint density at radius 1 is 1.17 bits per heavy atom. The fourth-order valence-electron chi connectivity index (χ4n) is 3.73. The van der Waals surface area contributed by atoms with Crippen LogP contribution in [0, 0.1) is 13.8 Å². The number of benzene rings is 2. The van der Waals surface area contributed by atoms with Gasteiger partial charge < -0.3 is 5.32 Å². The van der Waals surface area contributed by atoms with Crippen LogP contribution in [0.15, 0.2) is 57.8 Å². The summed E-state index contributed by atoms with van der Waals surface area (Å²) in [6, 6.07) is 14.5. The number of carbonyl (C=O) groups excluding carboxylic acids is 1. The summed E-state index contributed by atoms with van der Waals surface area (Å²) < 4.78 is 4.80. The minimum absolute atomic E-state index is 0.116. The van der Waals surface area contributed by atoms with Crippen LogP contribution in [-0.4, -0.2) is 20.1 Å². The van der Waals surface area contributed by atoms with Crippen LogP contribution in [0.1, 0.15) is 30.6 Å². The fourth-order valence-corrected chi connectivity index (χ4v) is 3.98. The summed E-state index contributed by atoms with van der Waals surface area (Å²) in [5, 5.41) is 3.88. The molecule has 148 valence electrons. The Kier molecular flexibility index (Phi) is 5.00. The third kappa shape index (κ3) is 3.35. The normalized spacial score (nSPS) is 12.4. The van der Waals surface area contributed by atoms with Gasteiger partial charge in [-0.1, -0.05) is 35.0 Å². The lowest BCUT2D eigenvalue weighted by atomic mass is 10.1. The fraction of sp³-hybridized carbons (Fsp3) is 0.227. The second-order valence-corrected chi connectivity index (χ2v) is 7.96. The molecule has 29 heavy (non-hydrogen) atoms. The van der Waals surface area contributed by atoms with E-state index in [-0.39, 0.29) is 11.5 Å². The second-order valence-electron chi connectivity index (χ2n) is 7.11. The van der Waals surface area contributed by atoms with E-state index in [0.717, 1.165) is 32.3 Å². The number of nitrogens with one attached hydrogen (secondary N) is 1. The molecule has 0 aliphatic carbocycles. The van der Waals surface area contributed by atoms with E-state index in [1.54, 1.807) is 0 Å². The Labute approximate surface area is 176 Å². The van der Waals surface area contributed by atoms with Crippen molar-refractivity contribution >= 4 is 44.1 Å². The zero-order valence-corrected chi connectivity index (χ0v) is 18.0. The quantitative estimate of drug-likeness (QED) is 0.491. The molecular formula is C22H21BrN4O2. The molecule has 0 bridgehead atoms. The van der Waals surface area contributed by atoms with Gasteiger partial charge in [-0.3, -0.25) is 14.3 Å². The predicted octanol–water partition coefficient (Wildman–Crippen LogP) is 4.62. The van der Waals surface area contributed by atoms with Crippen molar-refractivity contribution in [1.82, 2.24) is 14.2 Å². The summed E-state index contributed by atoms with van der Waals surface area (Å²) in [6.45, 7) is 5.81. The molecule has 0 unspecified atom stereocenters. The maximum absolute atomic E-state index is 13.3. The molecule has 0 saturated carbocycles. The number of amides is 1. The van der Waals surface area contributed by atoms with Crippen LogP contribution in [0.25, 0.3) is 16.6 Å². The van der Waals surface area contributed by atoms with E-state index in [2.05, 4.69) is 26.2 Å². The van der Waals surface area contributed by atoms with Gasteiger partial charge in [-0.05, 0) is 56.2 Å². The van der Waals surface area contributed by atoms with E-state index in [4.69, 9.17) is 0 Å². The van der Waals surface area contributed by atoms with E-state index < -0.39 is 6.04 Å². The summed E-state index contributed by atoms with van der Waals surface area (Å²) in [7, 11) is 0. The zero-order valence-electron chi connectivity index (χ0n) is 16.4. The highest BCUT2D eigenvalue weighted by Gasteiger charge is 2.25. The van der Waals surface area contributed by atoms with E-state index in [1.807, 2.05) is 72.4 Å². The number of rotatable bonds is 4. The number of aryl methyl sites for hydroxylation is 2. The van der Waals surface area contributed by atoms with Crippen molar-refractivity contribution in [3.05, 3.63) is 74.6 Å². The minimum atomic E-state index is -0.468. The average Bonchev–Trinajstić information content (AvgIpc) is 3.00. The topological polar surface area (TPSA) is 68.4 Å². The number of hydrogen-bond donors (Lipinski definition) is 1. The third-order valence-electron chi connectivity index (χ3n) is 5.10. The van der Waals surface area contributed by atoms with Gasteiger partial charge in [-0.2, -0.15) is 4.98 Å². The highest BCUT2D eigenvalue weighted by molar-refractivity contribution is 9.10. The third-order valence-corrected chi connectivity index (χ3v) is 5.99. The summed E-state index contributed by atoms with van der Waals surface area (Å²) in [6.07, 6.45) is 0.584. The Morgan fingerprint density at radius 2 is 1.93 bits per heavy atom. The molecule has 4 aromatic rings. The van der Waals surface area contributed by atoms with Gasteiger partial charge in [0, 0.05) is 27.3 Å². The molecule has 4 rings (SSSR count). The summed E-state index contributed by atoms with van der Waals surface area (Å²) >= 11 is 3.49. The Hall–Kier alpha value is -2.93. The number of anilines is 1. The van der Waals surface area contributed by atoms with Crippen molar-refractivity contribution in [2.75, 3.05) is 5.32 Å². The monoisotopic (exact) mass is 452 g/mol. The van der Waals surface area contributed by atoms with Crippen LogP contribution in [0.3, 0.4) is 0 Å². The maximum Gasteiger partial charge on any atom is 0.273 e. The zero-order chi connectivity index (χ0) is 20.7. The van der Waals surface area contributed by atoms with Gasteiger partial charge in [0.05, 0.1) is 5.52 Å². The Bertz CT molecular complexity index is 1310.